The fourth-order valence-corrected chi connectivity index (χ4v) is 4.19. The molecule has 1 saturated carbocycles. The average Bonchev–Trinajstić information content (AvgIpc) is 3.48. The predicted octanol–water partition coefficient (Wildman–Crippen LogP) is 4.31. The van der Waals surface area contributed by atoms with Gasteiger partial charge in [0.25, 0.3) is 0 Å². The van der Waals surface area contributed by atoms with Gasteiger partial charge in [0, 0.05) is 16.5 Å². The van der Waals surface area contributed by atoms with E-state index in [1.807, 2.05) is 12.1 Å². The summed E-state index contributed by atoms with van der Waals surface area (Å²) < 4.78 is 22.6. The Bertz CT molecular complexity index is 1050. The maximum atomic E-state index is 12.0. The fraction of sp³-hybridized carbons (Fsp3) is 0.417. The van der Waals surface area contributed by atoms with Crippen molar-refractivity contribution < 1.29 is 33.6 Å². The molecule has 2 aromatic carbocycles. The second-order valence-electron chi connectivity index (χ2n) is 8.58. The van der Waals surface area contributed by atoms with E-state index in [4.69, 9.17) is 18.9 Å². The molecule has 0 unspecified atom stereocenters. The molecular formula is C24H26O7. The summed E-state index contributed by atoms with van der Waals surface area (Å²) in [7, 11) is 3.08. The van der Waals surface area contributed by atoms with Crippen molar-refractivity contribution in [3.05, 3.63) is 41.5 Å². The molecule has 164 valence electrons. The number of fused-ring (bicyclic) bond motifs is 1. The number of carboxylic acid groups (broad SMARTS) is 1. The van der Waals surface area contributed by atoms with E-state index < -0.39 is 16.8 Å². The lowest BCUT2D eigenvalue weighted by Gasteiger charge is -2.31. The molecule has 1 fully saturated rings. The molecule has 2 aromatic rings. The van der Waals surface area contributed by atoms with Gasteiger partial charge in [-0.05, 0) is 50.5 Å². The van der Waals surface area contributed by atoms with Gasteiger partial charge in [-0.2, -0.15) is 0 Å². The Labute approximate surface area is 180 Å². The van der Waals surface area contributed by atoms with E-state index in [0.717, 1.165) is 29.5 Å². The van der Waals surface area contributed by atoms with Gasteiger partial charge in [-0.25, -0.2) is 4.79 Å². The molecule has 31 heavy (non-hydrogen) atoms. The van der Waals surface area contributed by atoms with Gasteiger partial charge in [-0.15, -0.1) is 0 Å². The molecule has 0 radical (unpaired) electrons. The van der Waals surface area contributed by atoms with Gasteiger partial charge >= 0.3 is 11.9 Å². The fourth-order valence-electron chi connectivity index (χ4n) is 4.19. The Balaban J connectivity index is 1.79. The van der Waals surface area contributed by atoms with Crippen LogP contribution in [0.1, 0.15) is 42.6 Å². The minimum atomic E-state index is -0.923. The number of cyclic esters (lactones) is 1. The second-order valence-corrected chi connectivity index (χ2v) is 8.58. The Morgan fingerprint density at radius 3 is 2.39 bits per heavy atom. The first-order chi connectivity index (χ1) is 14.8. The predicted molar refractivity (Wildman–Crippen MR) is 113 cm³/mol. The normalized spacial score (nSPS) is 16.3. The third-order valence-corrected chi connectivity index (χ3v) is 6.74. The number of esters is 1. The number of carbonyl (C=O) groups excluding carboxylic acids is 1. The highest BCUT2D eigenvalue weighted by atomic mass is 16.5. The third kappa shape index (κ3) is 3.28. The van der Waals surface area contributed by atoms with Gasteiger partial charge in [0.05, 0.1) is 31.8 Å². The Hall–Kier alpha value is -3.22. The van der Waals surface area contributed by atoms with E-state index in [1.54, 1.807) is 39.2 Å². The lowest BCUT2D eigenvalue weighted by atomic mass is 9.76. The lowest BCUT2D eigenvalue weighted by molar-refractivity contribution is -0.152. The highest BCUT2D eigenvalue weighted by molar-refractivity contribution is 5.96. The van der Waals surface area contributed by atoms with Gasteiger partial charge in [-0.3, -0.25) is 4.79 Å². The highest BCUT2D eigenvalue weighted by Crippen LogP contribution is 2.59. The van der Waals surface area contributed by atoms with Crippen molar-refractivity contribution in [3.63, 3.8) is 0 Å². The van der Waals surface area contributed by atoms with Crippen molar-refractivity contribution in [3.8, 4) is 28.4 Å². The molecule has 1 aliphatic heterocycles. The minimum Gasteiger partial charge on any atom is -0.493 e. The zero-order valence-electron chi connectivity index (χ0n) is 18.1. The molecule has 1 aliphatic carbocycles. The summed E-state index contributed by atoms with van der Waals surface area (Å²) in [6.45, 7) is 3.90. The van der Waals surface area contributed by atoms with E-state index in [9.17, 15) is 14.7 Å². The molecule has 0 spiro atoms. The van der Waals surface area contributed by atoms with E-state index in [0.29, 0.717) is 22.8 Å². The first-order valence-corrected chi connectivity index (χ1v) is 10.2. The SMILES string of the molecule is COc1ccc(-c2cccc3c2COC3=O)c(OCC2(C(C)(C)C(=O)O)CC2)c1OC. The summed E-state index contributed by atoms with van der Waals surface area (Å²) >= 11 is 0. The number of methoxy groups -OCH3 is 2. The van der Waals surface area contributed by atoms with Gasteiger partial charge in [0.1, 0.15) is 6.61 Å². The molecule has 7 heteroatoms. The van der Waals surface area contributed by atoms with Gasteiger partial charge in [0.15, 0.2) is 11.5 Å². The molecule has 2 aliphatic rings. The van der Waals surface area contributed by atoms with Gasteiger partial charge in [-0.1, -0.05) is 12.1 Å². The second kappa shape index (κ2) is 7.48. The van der Waals surface area contributed by atoms with Gasteiger partial charge < -0.3 is 24.1 Å². The molecule has 1 N–H and O–H groups in total. The van der Waals surface area contributed by atoms with Crippen molar-refractivity contribution >= 4 is 11.9 Å². The van der Waals surface area contributed by atoms with Crippen LogP contribution in [-0.4, -0.2) is 37.9 Å². The largest absolute Gasteiger partial charge is 0.493 e. The Kier molecular flexibility index (Phi) is 5.07. The van der Waals surface area contributed by atoms with Crippen LogP contribution < -0.4 is 14.2 Å². The number of rotatable bonds is 8. The summed E-state index contributed by atoms with van der Waals surface area (Å²) in [4.78, 5) is 23.9. The first-order valence-electron chi connectivity index (χ1n) is 10.2. The van der Waals surface area contributed by atoms with Crippen molar-refractivity contribution in [1.82, 2.24) is 0 Å². The number of benzene rings is 2. The number of aliphatic carboxylic acids is 1. The highest BCUT2D eigenvalue weighted by Gasteiger charge is 2.59. The van der Waals surface area contributed by atoms with Crippen LogP contribution in [0, 0.1) is 10.8 Å². The van der Waals surface area contributed by atoms with Crippen molar-refractivity contribution in [2.24, 2.45) is 10.8 Å². The van der Waals surface area contributed by atoms with E-state index in [1.165, 1.54) is 7.11 Å². The number of carboxylic acids is 1. The van der Waals surface area contributed by atoms with E-state index in [-0.39, 0.29) is 19.2 Å². The molecule has 0 aromatic heterocycles. The van der Waals surface area contributed by atoms with Crippen LogP contribution in [0.3, 0.4) is 0 Å². The molecule has 7 nitrogen and oxygen atoms in total. The maximum absolute atomic E-state index is 12.0. The van der Waals surface area contributed by atoms with Crippen LogP contribution >= 0.6 is 0 Å². The Morgan fingerprint density at radius 1 is 1.06 bits per heavy atom. The zero-order valence-corrected chi connectivity index (χ0v) is 18.1. The number of hydrogen-bond acceptors (Lipinski definition) is 6. The smallest absolute Gasteiger partial charge is 0.338 e. The molecule has 0 saturated heterocycles. The summed E-state index contributed by atoms with van der Waals surface area (Å²) in [5.74, 6) is 0.195. The average molecular weight is 426 g/mol. The van der Waals surface area contributed by atoms with Crippen molar-refractivity contribution in [2.75, 3.05) is 20.8 Å². The molecular weight excluding hydrogens is 400 g/mol. The summed E-state index contributed by atoms with van der Waals surface area (Å²) in [5.41, 5.74) is 1.48. The molecule has 0 amide bonds. The van der Waals surface area contributed by atoms with Crippen LogP contribution in [0.5, 0.6) is 17.2 Å². The zero-order chi connectivity index (χ0) is 22.4. The minimum absolute atomic E-state index is 0.189. The monoisotopic (exact) mass is 426 g/mol. The Morgan fingerprint density at radius 2 is 1.77 bits per heavy atom. The lowest BCUT2D eigenvalue weighted by Crippen LogP contribution is -2.38. The molecule has 0 bridgehead atoms. The van der Waals surface area contributed by atoms with Gasteiger partial charge in [0.2, 0.25) is 5.75 Å². The van der Waals surface area contributed by atoms with E-state index in [2.05, 4.69) is 0 Å². The third-order valence-electron chi connectivity index (χ3n) is 6.74. The molecule has 4 rings (SSSR count). The summed E-state index contributed by atoms with van der Waals surface area (Å²) in [6, 6.07) is 9.09. The standard InChI is InChI=1S/C24H26O7/c1-23(2,22(26)27)24(10-11-24)13-31-19-15(8-9-18(28-3)20(19)29-4)14-6-5-7-16-17(14)12-30-21(16)25/h5-9H,10-13H2,1-4H3,(H,26,27). The maximum Gasteiger partial charge on any atom is 0.338 e. The van der Waals surface area contributed by atoms with Crippen LogP contribution in [0.25, 0.3) is 11.1 Å². The van der Waals surface area contributed by atoms with Crippen molar-refractivity contribution in [1.29, 1.82) is 0 Å². The summed E-state index contributed by atoms with van der Waals surface area (Å²) in [6.07, 6.45) is 1.55. The number of carbonyl (C=O) groups is 2. The number of hydrogen-bond donors (Lipinski definition) is 1. The summed E-state index contributed by atoms with van der Waals surface area (Å²) in [5, 5.41) is 9.71. The van der Waals surface area contributed by atoms with E-state index >= 15 is 0 Å². The van der Waals surface area contributed by atoms with Crippen LogP contribution in [0.4, 0.5) is 0 Å². The quantitative estimate of drug-likeness (QED) is 0.629. The number of ether oxygens (including phenoxy) is 4. The topological polar surface area (TPSA) is 91.3 Å². The van der Waals surface area contributed by atoms with Crippen molar-refractivity contribution in [2.45, 2.75) is 33.3 Å². The molecule has 1 heterocycles. The van der Waals surface area contributed by atoms with Crippen LogP contribution in [0.15, 0.2) is 30.3 Å². The van der Waals surface area contributed by atoms with Crippen LogP contribution in [0.2, 0.25) is 0 Å². The first kappa shape index (κ1) is 21.0. The van der Waals surface area contributed by atoms with Crippen LogP contribution in [-0.2, 0) is 16.1 Å². The molecule has 0 atom stereocenters.